The Hall–Kier alpha value is -1.35. The Morgan fingerprint density at radius 3 is 1.81 bits per heavy atom. The Kier molecular flexibility index (Phi) is 5.75. The molecule has 0 saturated heterocycles. The van der Waals surface area contributed by atoms with Gasteiger partial charge in [-0.25, -0.2) is 0 Å². The van der Waals surface area contributed by atoms with Crippen molar-refractivity contribution in [3.63, 3.8) is 0 Å². The molecule has 0 heterocycles. The van der Waals surface area contributed by atoms with Crippen molar-refractivity contribution in [3.8, 4) is 0 Å². The van der Waals surface area contributed by atoms with Crippen molar-refractivity contribution >= 4 is 5.91 Å². The molecule has 90 valence electrons. The van der Waals surface area contributed by atoms with E-state index in [4.69, 9.17) is 11.5 Å². The first kappa shape index (κ1) is 14.6. The molecule has 1 rings (SSSR count). The molecule has 1 aromatic rings. The van der Waals surface area contributed by atoms with Crippen molar-refractivity contribution in [2.45, 2.75) is 33.2 Å². The monoisotopic (exact) mass is 222 g/mol. The maximum absolute atomic E-state index is 10.6. The van der Waals surface area contributed by atoms with E-state index in [0.29, 0.717) is 0 Å². The lowest BCUT2D eigenvalue weighted by Crippen LogP contribution is -2.53. The first-order valence-corrected chi connectivity index (χ1v) is 5.39. The van der Waals surface area contributed by atoms with Crippen LogP contribution >= 0.6 is 0 Å². The van der Waals surface area contributed by atoms with Gasteiger partial charge in [-0.05, 0) is 19.8 Å². The van der Waals surface area contributed by atoms with Gasteiger partial charge in [0, 0.05) is 0 Å². The highest BCUT2D eigenvalue weighted by Crippen LogP contribution is 2.10. The van der Waals surface area contributed by atoms with Crippen LogP contribution in [0.15, 0.2) is 30.3 Å². The van der Waals surface area contributed by atoms with Crippen LogP contribution in [0.4, 0.5) is 0 Å². The standard InChI is InChI=1S/C7H8.C6H14N2O/c1-7-5-3-2-4-6-7;1-4(2)6(3,8)5(7)9/h2-6H,1H3;4H,8H2,1-3H3,(H2,7,9). The highest BCUT2D eigenvalue weighted by molar-refractivity contribution is 5.84. The van der Waals surface area contributed by atoms with E-state index in [0.717, 1.165) is 0 Å². The Morgan fingerprint density at radius 1 is 1.25 bits per heavy atom. The van der Waals surface area contributed by atoms with E-state index in [9.17, 15) is 4.79 Å². The van der Waals surface area contributed by atoms with Crippen LogP contribution in [-0.4, -0.2) is 11.4 Å². The average Bonchev–Trinajstić information content (AvgIpc) is 2.19. The fraction of sp³-hybridized carbons (Fsp3) is 0.462. The van der Waals surface area contributed by atoms with Crippen molar-refractivity contribution in [2.24, 2.45) is 17.4 Å². The molecule has 1 aromatic carbocycles. The van der Waals surface area contributed by atoms with Crippen LogP contribution in [0.25, 0.3) is 0 Å². The first-order valence-electron chi connectivity index (χ1n) is 5.39. The first-order chi connectivity index (χ1) is 7.28. The molecule has 0 saturated carbocycles. The summed E-state index contributed by atoms with van der Waals surface area (Å²) in [5.41, 5.74) is 11.0. The molecule has 3 nitrogen and oxygen atoms in total. The topological polar surface area (TPSA) is 69.1 Å². The number of rotatable bonds is 2. The highest BCUT2D eigenvalue weighted by atomic mass is 16.1. The Bertz CT molecular complexity index is 318. The molecule has 1 unspecified atom stereocenters. The molecule has 0 aliphatic carbocycles. The maximum atomic E-state index is 10.6. The van der Waals surface area contributed by atoms with Crippen LogP contribution < -0.4 is 11.5 Å². The summed E-state index contributed by atoms with van der Waals surface area (Å²) >= 11 is 0. The van der Waals surface area contributed by atoms with Gasteiger partial charge in [0.1, 0.15) is 0 Å². The summed E-state index contributed by atoms with van der Waals surface area (Å²) in [6.45, 7) is 7.45. The second kappa shape index (κ2) is 6.28. The lowest BCUT2D eigenvalue weighted by atomic mass is 9.89. The largest absolute Gasteiger partial charge is 0.368 e. The number of amides is 1. The molecule has 0 aliphatic heterocycles. The zero-order valence-electron chi connectivity index (χ0n) is 10.5. The number of primary amides is 1. The van der Waals surface area contributed by atoms with Gasteiger partial charge in [0.15, 0.2) is 0 Å². The van der Waals surface area contributed by atoms with Gasteiger partial charge in [-0.15, -0.1) is 0 Å². The molecule has 0 fully saturated rings. The third-order valence-corrected chi connectivity index (χ3v) is 2.67. The molecule has 0 aromatic heterocycles. The molecule has 1 amide bonds. The summed E-state index contributed by atoms with van der Waals surface area (Å²) in [5.74, 6) is -0.354. The van der Waals surface area contributed by atoms with Gasteiger partial charge in [0.05, 0.1) is 5.54 Å². The minimum atomic E-state index is -0.861. The van der Waals surface area contributed by atoms with Gasteiger partial charge in [0.25, 0.3) is 0 Å². The Morgan fingerprint density at radius 2 is 1.69 bits per heavy atom. The number of carbonyl (C=O) groups is 1. The zero-order valence-corrected chi connectivity index (χ0v) is 10.5. The van der Waals surface area contributed by atoms with E-state index in [1.54, 1.807) is 6.92 Å². The van der Waals surface area contributed by atoms with Gasteiger partial charge in [0.2, 0.25) is 5.91 Å². The van der Waals surface area contributed by atoms with Gasteiger partial charge >= 0.3 is 0 Å². The van der Waals surface area contributed by atoms with Crippen molar-refractivity contribution in [1.29, 1.82) is 0 Å². The molecule has 0 spiro atoms. The summed E-state index contributed by atoms with van der Waals surface area (Å²) < 4.78 is 0. The van der Waals surface area contributed by atoms with Crippen molar-refractivity contribution in [3.05, 3.63) is 35.9 Å². The van der Waals surface area contributed by atoms with Gasteiger partial charge < -0.3 is 11.5 Å². The number of hydrogen-bond acceptors (Lipinski definition) is 2. The summed E-state index contributed by atoms with van der Waals surface area (Å²) in [5, 5.41) is 0. The Labute approximate surface area is 97.8 Å². The van der Waals surface area contributed by atoms with E-state index in [1.807, 2.05) is 32.0 Å². The number of carbonyl (C=O) groups excluding carboxylic acids is 1. The van der Waals surface area contributed by atoms with Crippen LogP contribution in [0.3, 0.4) is 0 Å². The zero-order chi connectivity index (χ0) is 12.8. The molecule has 0 bridgehead atoms. The second-order valence-corrected chi connectivity index (χ2v) is 4.46. The van der Waals surface area contributed by atoms with E-state index >= 15 is 0 Å². The number of hydrogen-bond donors (Lipinski definition) is 2. The molecule has 0 radical (unpaired) electrons. The third kappa shape index (κ3) is 4.94. The molecule has 1 atom stereocenters. The predicted molar refractivity (Wildman–Crippen MR) is 67.8 cm³/mol. The summed E-state index contributed by atoms with van der Waals surface area (Å²) in [7, 11) is 0. The van der Waals surface area contributed by atoms with Gasteiger partial charge in [-0.3, -0.25) is 4.79 Å². The molecule has 16 heavy (non-hydrogen) atoms. The minimum absolute atomic E-state index is 0.0926. The second-order valence-electron chi connectivity index (χ2n) is 4.46. The van der Waals surface area contributed by atoms with Gasteiger partial charge in [-0.1, -0.05) is 49.7 Å². The van der Waals surface area contributed by atoms with Crippen molar-refractivity contribution < 1.29 is 4.79 Å². The third-order valence-electron chi connectivity index (χ3n) is 2.67. The summed E-state index contributed by atoms with van der Waals surface area (Å²) in [4.78, 5) is 10.6. The average molecular weight is 222 g/mol. The Balaban J connectivity index is 0.000000288. The van der Waals surface area contributed by atoms with E-state index in [-0.39, 0.29) is 5.92 Å². The predicted octanol–water partition coefficient (Wildman–Crippen LogP) is 1.84. The smallest absolute Gasteiger partial charge is 0.237 e. The van der Waals surface area contributed by atoms with Crippen LogP contribution in [0, 0.1) is 12.8 Å². The van der Waals surface area contributed by atoms with Crippen LogP contribution in [0.2, 0.25) is 0 Å². The molecular weight excluding hydrogens is 200 g/mol. The molecule has 0 aliphatic rings. The SMILES string of the molecule is CC(C)C(C)(N)C(N)=O.Cc1ccccc1. The summed E-state index contributed by atoms with van der Waals surface area (Å²) in [6.07, 6.45) is 0. The van der Waals surface area contributed by atoms with Crippen LogP contribution in [0.1, 0.15) is 26.3 Å². The molecule has 4 N–H and O–H groups in total. The molecular formula is C13H22N2O. The molecule has 3 heteroatoms. The quantitative estimate of drug-likeness (QED) is 0.801. The fourth-order valence-electron chi connectivity index (χ4n) is 0.819. The number of aryl methyl sites for hydroxylation is 1. The van der Waals surface area contributed by atoms with Crippen LogP contribution in [0.5, 0.6) is 0 Å². The minimum Gasteiger partial charge on any atom is -0.368 e. The number of benzene rings is 1. The van der Waals surface area contributed by atoms with E-state index in [1.165, 1.54) is 5.56 Å². The lowest BCUT2D eigenvalue weighted by molar-refractivity contribution is -0.123. The maximum Gasteiger partial charge on any atom is 0.237 e. The normalized spacial score (nSPS) is 13.6. The van der Waals surface area contributed by atoms with Crippen LogP contribution in [-0.2, 0) is 4.79 Å². The van der Waals surface area contributed by atoms with E-state index < -0.39 is 11.4 Å². The fourth-order valence-corrected chi connectivity index (χ4v) is 0.819. The number of nitrogens with two attached hydrogens (primary N) is 2. The van der Waals surface area contributed by atoms with Gasteiger partial charge in [-0.2, -0.15) is 0 Å². The van der Waals surface area contributed by atoms with E-state index in [2.05, 4.69) is 19.1 Å². The van der Waals surface area contributed by atoms with Crippen molar-refractivity contribution in [1.82, 2.24) is 0 Å². The summed E-state index contributed by atoms with van der Waals surface area (Å²) in [6, 6.07) is 10.3. The lowest BCUT2D eigenvalue weighted by Gasteiger charge is -2.24. The van der Waals surface area contributed by atoms with Crippen molar-refractivity contribution in [2.75, 3.05) is 0 Å². The highest BCUT2D eigenvalue weighted by Gasteiger charge is 2.29.